The summed E-state index contributed by atoms with van der Waals surface area (Å²) < 4.78 is 5.63. The fraction of sp³-hybridized carbons (Fsp3) is 0.733. The molecule has 16 heavy (non-hydrogen) atoms. The van der Waals surface area contributed by atoms with Gasteiger partial charge in [-0.05, 0) is 51.4 Å². The van der Waals surface area contributed by atoms with Crippen molar-refractivity contribution in [3.05, 3.63) is 24.3 Å². The maximum absolute atomic E-state index is 5.63. The van der Waals surface area contributed by atoms with Crippen molar-refractivity contribution in [3.8, 4) is 0 Å². The lowest BCUT2D eigenvalue weighted by molar-refractivity contribution is 0.303. The summed E-state index contributed by atoms with van der Waals surface area (Å²) in [6.45, 7) is 10.8. The monoisotopic (exact) mass is 220 g/mol. The van der Waals surface area contributed by atoms with Crippen LogP contribution in [-0.4, -0.2) is 11.7 Å². The molecular weight excluding hydrogens is 196 g/mol. The lowest BCUT2D eigenvalue weighted by Gasteiger charge is -2.24. The third kappa shape index (κ3) is 2.76. The highest BCUT2D eigenvalue weighted by Gasteiger charge is 2.47. The van der Waals surface area contributed by atoms with E-state index in [0.29, 0.717) is 6.10 Å². The summed E-state index contributed by atoms with van der Waals surface area (Å²) in [5.41, 5.74) is 1.45. The van der Waals surface area contributed by atoms with Crippen LogP contribution in [-0.2, 0) is 4.74 Å². The predicted molar refractivity (Wildman–Crippen MR) is 68.4 cm³/mol. The zero-order valence-electron chi connectivity index (χ0n) is 10.8. The number of epoxide rings is 1. The van der Waals surface area contributed by atoms with Crippen LogP contribution in [0.2, 0.25) is 0 Å². The second-order valence-electron chi connectivity index (χ2n) is 5.98. The molecule has 0 unspecified atom stereocenters. The predicted octanol–water partition coefficient (Wildman–Crippen LogP) is 4.10. The van der Waals surface area contributed by atoms with Crippen LogP contribution >= 0.6 is 0 Å². The summed E-state index contributed by atoms with van der Waals surface area (Å²) in [5.74, 6) is 1.54. The molecule has 2 rings (SSSR count). The van der Waals surface area contributed by atoms with Crippen molar-refractivity contribution in [1.82, 2.24) is 0 Å². The molecule has 2 aliphatic rings. The number of rotatable bonds is 4. The highest BCUT2D eigenvalue weighted by Crippen LogP contribution is 2.40. The topological polar surface area (TPSA) is 12.5 Å². The first-order valence-electron chi connectivity index (χ1n) is 6.53. The number of ether oxygens (including phenoxy) is 1. The average molecular weight is 220 g/mol. The second-order valence-corrected chi connectivity index (χ2v) is 5.98. The number of hydrogen-bond donors (Lipinski definition) is 0. The summed E-state index contributed by atoms with van der Waals surface area (Å²) >= 11 is 0. The molecule has 0 N–H and O–H groups in total. The van der Waals surface area contributed by atoms with E-state index < -0.39 is 0 Å². The summed E-state index contributed by atoms with van der Waals surface area (Å²) in [4.78, 5) is 0. The van der Waals surface area contributed by atoms with Crippen LogP contribution in [0.1, 0.15) is 46.5 Å². The Bertz CT molecular complexity index is 301. The number of allylic oxidation sites excluding steroid dienone is 3. The van der Waals surface area contributed by atoms with E-state index in [1.54, 1.807) is 0 Å². The van der Waals surface area contributed by atoms with Gasteiger partial charge in [-0.3, -0.25) is 0 Å². The fourth-order valence-electron chi connectivity index (χ4n) is 2.63. The van der Waals surface area contributed by atoms with E-state index in [2.05, 4.69) is 39.5 Å². The summed E-state index contributed by atoms with van der Waals surface area (Å²) in [7, 11) is 0. The summed E-state index contributed by atoms with van der Waals surface area (Å²) in [6.07, 6.45) is 10.0. The molecule has 1 nitrogen and oxygen atoms in total. The van der Waals surface area contributed by atoms with E-state index in [-0.39, 0.29) is 5.60 Å². The van der Waals surface area contributed by atoms with E-state index >= 15 is 0 Å². The molecule has 1 fully saturated rings. The highest BCUT2D eigenvalue weighted by atomic mass is 16.6. The lowest BCUT2D eigenvalue weighted by Crippen LogP contribution is -2.14. The minimum Gasteiger partial charge on any atom is -0.367 e. The first-order chi connectivity index (χ1) is 7.49. The van der Waals surface area contributed by atoms with E-state index in [1.165, 1.54) is 31.3 Å². The SMILES string of the molecule is C=C1C=C[C@@H]([C@@H](C)CC[C@@H]2OC2(C)C)CC1. The first kappa shape index (κ1) is 11.9. The van der Waals surface area contributed by atoms with E-state index in [1.807, 2.05) is 0 Å². The van der Waals surface area contributed by atoms with Gasteiger partial charge in [-0.1, -0.05) is 31.2 Å². The molecule has 3 atom stereocenters. The summed E-state index contributed by atoms with van der Waals surface area (Å²) in [6, 6.07) is 0. The van der Waals surface area contributed by atoms with Crippen LogP contribution in [0.25, 0.3) is 0 Å². The van der Waals surface area contributed by atoms with Gasteiger partial charge >= 0.3 is 0 Å². The van der Waals surface area contributed by atoms with Gasteiger partial charge < -0.3 is 4.74 Å². The van der Waals surface area contributed by atoms with Crippen LogP contribution in [0.15, 0.2) is 24.3 Å². The molecule has 90 valence electrons. The largest absolute Gasteiger partial charge is 0.367 e. The zero-order chi connectivity index (χ0) is 11.8. The van der Waals surface area contributed by atoms with Crippen LogP contribution in [0.4, 0.5) is 0 Å². The van der Waals surface area contributed by atoms with Gasteiger partial charge in [0, 0.05) is 0 Å². The van der Waals surface area contributed by atoms with Crippen molar-refractivity contribution >= 4 is 0 Å². The van der Waals surface area contributed by atoms with Gasteiger partial charge in [0.05, 0.1) is 11.7 Å². The molecule has 0 aromatic rings. The molecule has 0 spiro atoms. The molecule has 1 heterocycles. The van der Waals surface area contributed by atoms with Crippen molar-refractivity contribution in [3.63, 3.8) is 0 Å². The molecular formula is C15H24O. The Labute approximate surface area is 99.6 Å². The molecule has 0 radical (unpaired) electrons. The first-order valence-corrected chi connectivity index (χ1v) is 6.53. The van der Waals surface area contributed by atoms with E-state index in [0.717, 1.165) is 11.8 Å². The maximum atomic E-state index is 5.63. The number of hydrogen-bond acceptors (Lipinski definition) is 1. The van der Waals surface area contributed by atoms with E-state index in [9.17, 15) is 0 Å². The fourth-order valence-corrected chi connectivity index (χ4v) is 2.63. The lowest BCUT2D eigenvalue weighted by atomic mass is 9.81. The van der Waals surface area contributed by atoms with Crippen molar-refractivity contribution in [2.45, 2.75) is 58.2 Å². The Kier molecular flexibility index (Phi) is 3.25. The smallest absolute Gasteiger partial charge is 0.0892 e. The minimum absolute atomic E-state index is 0.163. The molecule has 0 saturated carbocycles. The Morgan fingerprint density at radius 3 is 2.75 bits per heavy atom. The molecule has 1 aliphatic heterocycles. The third-order valence-electron chi connectivity index (χ3n) is 4.16. The molecule has 0 aromatic heterocycles. The Morgan fingerprint density at radius 2 is 2.25 bits per heavy atom. The molecule has 0 bridgehead atoms. The van der Waals surface area contributed by atoms with Gasteiger partial charge in [-0.15, -0.1) is 0 Å². The standard InChI is InChI=1S/C15H24O/c1-11-5-8-13(9-6-11)12(2)7-10-14-15(3,4)16-14/h5,8,12-14H,1,6-7,9-10H2,2-4H3/t12-,13+,14-/m0/s1. The van der Waals surface area contributed by atoms with Crippen LogP contribution in [0, 0.1) is 11.8 Å². The van der Waals surface area contributed by atoms with Crippen LogP contribution in [0.5, 0.6) is 0 Å². The van der Waals surface area contributed by atoms with Gasteiger partial charge in [0.25, 0.3) is 0 Å². The van der Waals surface area contributed by atoms with Gasteiger partial charge in [0.2, 0.25) is 0 Å². The molecule has 0 amide bonds. The third-order valence-corrected chi connectivity index (χ3v) is 4.16. The van der Waals surface area contributed by atoms with Gasteiger partial charge in [-0.2, -0.15) is 0 Å². The van der Waals surface area contributed by atoms with Crippen molar-refractivity contribution in [1.29, 1.82) is 0 Å². The van der Waals surface area contributed by atoms with Crippen LogP contribution < -0.4 is 0 Å². The van der Waals surface area contributed by atoms with Crippen molar-refractivity contribution in [2.24, 2.45) is 11.8 Å². The van der Waals surface area contributed by atoms with Gasteiger partial charge in [0.15, 0.2) is 0 Å². The highest BCUT2D eigenvalue weighted by molar-refractivity contribution is 5.19. The average Bonchev–Trinajstić information content (AvgIpc) is 2.84. The van der Waals surface area contributed by atoms with E-state index in [4.69, 9.17) is 4.74 Å². The zero-order valence-corrected chi connectivity index (χ0v) is 10.8. The molecule has 1 aliphatic carbocycles. The van der Waals surface area contributed by atoms with Crippen molar-refractivity contribution in [2.75, 3.05) is 0 Å². The molecule has 1 heteroatoms. The van der Waals surface area contributed by atoms with Gasteiger partial charge in [0.1, 0.15) is 0 Å². The molecule has 1 saturated heterocycles. The second kappa shape index (κ2) is 4.37. The Balaban J connectivity index is 1.74. The minimum atomic E-state index is 0.163. The quantitative estimate of drug-likeness (QED) is 0.650. The maximum Gasteiger partial charge on any atom is 0.0892 e. The van der Waals surface area contributed by atoms with Gasteiger partial charge in [-0.25, -0.2) is 0 Å². The molecule has 0 aromatic carbocycles. The van der Waals surface area contributed by atoms with Crippen molar-refractivity contribution < 1.29 is 4.74 Å². The summed E-state index contributed by atoms with van der Waals surface area (Å²) in [5, 5.41) is 0. The Hall–Kier alpha value is -0.560. The van der Waals surface area contributed by atoms with Crippen LogP contribution in [0.3, 0.4) is 0 Å². The normalized spacial score (nSPS) is 33.8. The Morgan fingerprint density at radius 1 is 1.56 bits per heavy atom.